The first-order chi connectivity index (χ1) is 16.9. The van der Waals surface area contributed by atoms with Crippen LogP contribution in [0.4, 0.5) is 5.69 Å². The third-order valence-corrected chi connectivity index (χ3v) is 7.22. The van der Waals surface area contributed by atoms with Gasteiger partial charge in [-0.25, -0.2) is 9.67 Å². The van der Waals surface area contributed by atoms with E-state index in [1.165, 1.54) is 26.2 Å². The molecule has 1 aliphatic heterocycles. The van der Waals surface area contributed by atoms with Gasteiger partial charge in [-0.05, 0) is 56.9 Å². The number of aromatic amines is 1. The molecule has 1 aliphatic carbocycles. The summed E-state index contributed by atoms with van der Waals surface area (Å²) < 4.78 is 1.98. The van der Waals surface area contributed by atoms with Crippen molar-refractivity contribution >= 4 is 28.5 Å². The van der Waals surface area contributed by atoms with Gasteiger partial charge in [0.25, 0.3) is 11.5 Å². The smallest absolute Gasteiger partial charge is 0.262 e. The van der Waals surface area contributed by atoms with Crippen LogP contribution in [0.25, 0.3) is 11.0 Å². The number of anilines is 1. The van der Waals surface area contributed by atoms with E-state index in [4.69, 9.17) is 10.1 Å². The first-order valence-electron chi connectivity index (χ1n) is 12.6. The minimum Gasteiger partial charge on any atom is -0.338 e. The van der Waals surface area contributed by atoms with E-state index in [1.54, 1.807) is 24.3 Å². The lowest BCUT2D eigenvalue weighted by Crippen LogP contribution is -2.40. The van der Waals surface area contributed by atoms with Gasteiger partial charge in [0.15, 0.2) is 5.65 Å². The molecule has 2 aliphatic rings. The van der Waals surface area contributed by atoms with Crippen molar-refractivity contribution in [2.24, 2.45) is 0 Å². The summed E-state index contributed by atoms with van der Waals surface area (Å²) in [6.45, 7) is 4.48. The van der Waals surface area contributed by atoms with Gasteiger partial charge in [-0.3, -0.25) is 14.4 Å². The molecule has 0 bridgehead atoms. The Balaban J connectivity index is 1.39. The predicted molar refractivity (Wildman–Crippen MR) is 134 cm³/mol. The molecule has 9 heteroatoms. The van der Waals surface area contributed by atoms with Crippen LogP contribution >= 0.6 is 0 Å². The molecule has 1 atom stereocenters. The highest BCUT2D eigenvalue weighted by molar-refractivity contribution is 5.95. The quantitative estimate of drug-likeness (QED) is 0.593. The van der Waals surface area contributed by atoms with E-state index in [0.717, 1.165) is 25.7 Å². The van der Waals surface area contributed by atoms with E-state index in [1.807, 2.05) is 16.5 Å². The molecule has 1 unspecified atom stereocenters. The summed E-state index contributed by atoms with van der Waals surface area (Å²) in [6, 6.07) is 7.21. The molecule has 35 heavy (non-hydrogen) atoms. The number of nitrogens with zero attached hydrogens (tertiary/aromatic N) is 4. The molecule has 5 rings (SSSR count). The lowest BCUT2D eigenvalue weighted by molar-refractivity contribution is -0.114. The van der Waals surface area contributed by atoms with Crippen LogP contribution in [-0.2, 0) is 4.79 Å². The fraction of sp³-hybridized carbons (Fsp3) is 0.500. The summed E-state index contributed by atoms with van der Waals surface area (Å²) in [4.78, 5) is 47.2. The molecule has 3 heterocycles. The van der Waals surface area contributed by atoms with Crippen LogP contribution in [0.1, 0.15) is 85.7 Å². The molecular weight excluding hydrogens is 444 g/mol. The Morgan fingerprint density at radius 2 is 1.80 bits per heavy atom. The van der Waals surface area contributed by atoms with Crippen LogP contribution < -0.4 is 10.9 Å². The number of fused-ring (bicyclic) bond motifs is 1. The number of carbonyl (C=O) groups is 2. The van der Waals surface area contributed by atoms with Gasteiger partial charge in [0, 0.05) is 37.2 Å². The molecule has 3 aromatic rings. The van der Waals surface area contributed by atoms with Gasteiger partial charge in [0.1, 0.15) is 11.2 Å². The average Bonchev–Trinajstić information content (AvgIpc) is 3.21. The summed E-state index contributed by atoms with van der Waals surface area (Å²) in [7, 11) is 0. The van der Waals surface area contributed by atoms with Gasteiger partial charge in [0.05, 0.1) is 11.7 Å². The van der Waals surface area contributed by atoms with Gasteiger partial charge < -0.3 is 15.2 Å². The number of hydrogen-bond donors (Lipinski definition) is 2. The summed E-state index contributed by atoms with van der Waals surface area (Å²) in [5.74, 6) is 0.383. The number of piperidine rings is 1. The number of hydrogen-bond acceptors (Lipinski definition) is 5. The number of amides is 2. The van der Waals surface area contributed by atoms with Crippen molar-refractivity contribution in [2.45, 2.75) is 70.8 Å². The molecule has 9 nitrogen and oxygen atoms in total. The van der Waals surface area contributed by atoms with Crippen LogP contribution in [0, 0.1) is 6.92 Å². The maximum Gasteiger partial charge on any atom is 0.262 e. The lowest BCUT2D eigenvalue weighted by atomic mass is 9.95. The number of carbonyl (C=O) groups excluding carboxylic acids is 2. The van der Waals surface area contributed by atoms with Crippen LogP contribution in [0.15, 0.2) is 29.1 Å². The Bertz CT molecular complexity index is 1300. The van der Waals surface area contributed by atoms with Crippen molar-refractivity contribution in [3.63, 3.8) is 0 Å². The summed E-state index contributed by atoms with van der Waals surface area (Å²) in [5, 5.41) is 8.00. The third kappa shape index (κ3) is 4.72. The van der Waals surface area contributed by atoms with Gasteiger partial charge in [-0.2, -0.15) is 5.10 Å². The molecule has 2 aromatic heterocycles. The van der Waals surface area contributed by atoms with Crippen LogP contribution in [0.2, 0.25) is 0 Å². The van der Waals surface area contributed by atoms with E-state index < -0.39 is 0 Å². The monoisotopic (exact) mass is 476 g/mol. The molecule has 184 valence electrons. The molecule has 1 saturated carbocycles. The number of aryl methyl sites for hydroxylation is 1. The fourth-order valence-corrected chi connectivity index (χ4v) is 5.47. The molecule has 2 N–H and O–H groups in total. The number of benzene rings is 1. The number of nitrogens with one attached hydrogen (secondary N) is 2. The highest BCUT2D eigenvalue weighted by Crippen LogP contribution is 2.31. The number of aromatic nitrogens is 4. The standard InChI is InChI=1S/C26H32N6O3/c1-16-22-24(32(30-16)21-8-4-3-5-9-21)28-23(29-25(22)34)19-7-6-14-31(15-19)26(35)18-10-12-20(13-11-18)27-17(2)33/h10-13,19,21H,3-9,14-15H2,1-2H3,(H,27,33)(H,28,29,34). The summed E-state index contributed by atoms with van der Waals surface area (Å²) >= 11 is 0. The summed E-state index contributed by atoms with van der Waals surface area (Å²) in [5.41, 5.74) is 2.47. The van der Waals surface area contributed by atoms with Crippen LogP contribution in [-0.4, -0.2) is 49.6 Å². The zero-order valence-electron chi connectivity index (χ0n) is 20.3. The number of rotatable bonds is 4. The minimum absolute atomic E-state index is 0.0431. The highest BCUT2D eigenvalue weighted by Gasteiger charge is 2.29. The topological polar surface area (TPSA) is 113 Å². The van der Waals surface area contributed by atoms with Crippen molar-refractivity contribution in [3.05, 3.63) is 51.7 Å². The summed E-state index contributed by atoms with van der Waals surface area (Å²) in [6.07, 6.45) is 7.41. The molecule has 0 radical (unpaired) electrons. The fourth-order valence-electron chi connectivity index (χ4n) is 5.47. The highest BCUT2D eigenvalue weighted by atomic mass is 16.2. The molecule has 2 amide bonds. The molecular formula is C26H32N6O3. The van der Waals surface area contributed by atoms with Crippen molar-refractivity contribution < 1.29 is 9.59 Å². The SMILES string of the molecule is CC(=O)Nc1ccc(C(=O)N2CCCC(c3nc4c(c(C)nn4C4CCCCC4)c(=O)[nH]3)C2)cc1. The van der Waals surface area contributed by atoms with Gasteiger partial charge >= 0.3 is 0 Å². The maximum absolute atomic E-state index is 13.2. The third-order valence-electron chi connectivity index (χ3n) is 7.22. The van der Waals surface area contributed by atoms with E-state index in [-0.39, 0.29) is 29.3 Å². The number of H-pyrrole nitrogens is 1. The van der Waals surface area contributed by atoms with Gasteiger partial charge in [-0.15, -0.1) is 0 Å². The average molecular weight is 477 g/mol. The number of likely N-dealkylation sites (tertiary alicyclic amines) is 1. The first-order valence-corrected chi connectivity index (χ1v) is 12.6. The normalized spacial score (nSPS) is 19.1. The van der Waals surface area contributed by atoms with Gasteiger partial charge in [0.2, 0.25) is 5.91 Å². The first kappa shape index (κ1) is 23.3. The van der Waals surface area contributed by atoms with Crippen molar-refractivity contribution in [3.8, 4) is 0 Å². The van der Waals surface area contributed by atoms with E-state index in [0.29, 0.717) is 46.9 Å². The Morgan fingerprint density at radius 1 is 1.06 bits per heavy atom. The van der Waals surface area contributed by atoms with Crippen molar-refractivity contribution in [1.29, 1.82) is 0 Å². The maximum atomic E-state index is 13.2. The predicted octanol–water partition coefficient (Wildman–Crippen LogP) is 3.91. The molecule has 1 saturated heterocycles. The van der Waals surface area contributed by atoms with Crippen molar-refractivity contribution in [1.82, 2.24) is 24.6 Å². The molecule has 2 fully saturated rings. The zero-order chi connectivity index (χ0) is 24.5. The molecule has 1 aromatic carbocycles. The zero-order valence-corrected chi connectivity index (χ0v) is 20.3. The Kier molecular flexibility index (Phi) is 6.40. The van der Waals surface area contributed by atoms with Crippen molar-refractivity contribution in [2.75, 3.05) is 18.4 Å². The Labute approximate surface area is 203 Å². The van der Waals surface area contributed by atoms with Crippen LogP contribution in [0.5, 0.6) is 0 Å². The van der Waals surface area contributed by atoms with E-state index >= 15 is 0 Å². The second kappa shape index (κ2) is 9.64. The second-order valence-corrected chi connectivity index (χ2v) is 9.82. The van der Waals surface area contributed by atoms with Gasteiger partial charge in [-0.1, -0.05) is 19.3 Å². The van der Waals surface area contributed by atoms with E-state index in [9.17, 15) is 14.4 Å². The minimum atomic E-state index is -0.151. The Hall–Kier alpha value is -3.49. The molecule has 0 spiro atoms. The van der Waals surface area contributed by atoms with E-state index in [2.05, 4.69) is 10.3 Å². The Morgan fingerprint density at radius 3 is 2.51 bits per heavy atom. The second-order valence-electron chi connectivity index (χ2n) is 9.82. The van der Waals surface area contributed by atoms with Crippen LogP contribution in [0.3, 0.4) is 0 Å². The lowest BCUT2D eigenvalue weighted by Gasteiger charge is -2.32. The largest absolute Gasteiger partial charge is 0.338 e.